The normalized spacial score (nSPS) is 14.9. The third kappa shape index (κ3) is 49.2. The maximum atomic E-state index is 12.9. The van der Waals surface area contributed by atoms with Crippen LogP contribution < -0.4 is 5.32 Å². The van der Waals surface area contributed by atoms with Crippen molar-refractivity contribution >= 4 is 13.7 Å². The van der Waals surface area contributed by atoms with Crippen LogP contribution in [0.4, 0.5) is 0 Å². The van der Waals surface area contributed by atoms with Crippen LogP contribution in [0.15, 0.2) is 97.2 Å². The number of quaternary nitrogens is 1. The lowest BCUT2D eigenvalue weighted by atomic mass is 10.1. The monoisotopic (exact) mass is 928 g/mol. The van der Waals surface area contributed by atoms with Crippen LogP contribution in [0.25, 0.3) is 0 Å². The Hall–Kier alpha value is -2.58. The van der Waals surface area contributed by atoms with E-state index >= 15 is 0 Å². The van der Waals surface area contributed by atoms with Crippen molar-refractivity contribution in [3.8, 4) is 0 Å². The molecular formula is C56H100N2O6P+. The van der Waals surface area contributed by atoms with E-state index in [0.29, 0.717) is 17.4 Å². The second-order valence-corrected chi connectivity index (χ2v) is 20.0. The second kappa shape index (κ2) is 46.5. The zero-order valence-corrected chi connectivity index (χ0v) is 43.3. The Balaban J connectivity index is 4.34. The molecule has 8 nitrogen and oxygen atoms in total. The van der Waals surface area contributed by atoms with Gasteiger partial charge in [-0.05, 0) is 83.5 Å². The molecule has 0 saturated heterocycles. The van der Waals surface area contributed by atoms with Crippen molar-refractivity contribution < 1.29 is 32.9 Å². The summed E-state index contributed by atoms with van der Waals surface area (Å²) in [5.41, 5.74) is 0. The van der Waals surface area contributed by atoms with Crippen molar-refractivity contribution in [2.75, 3.05) is 40.9 Å². The number of unbranched alkanes of at least 4 members (excludes halogenated alkanes) is 19. The zero-order chi connectivity index (χ0) is 47.8. The molecule has 9 heteroatoms. The van der Waals surface area contributed by atoms with Crippen molar-refractivity contribution in [3.63, 3.8) is 0 Å². The van der Waals surface area contributed by atoms with Crippen LogP contribution in [0.3, 0.4) is 0 Å². The second-order valence-electron chi connectivity index (χ2n) is 18.5. The highest BCUT2D eigenvalue weighted by atomic mass is 31.2. The standard InChI is InChI=1S/C56H99N2O6P/c1-6-8-10-12-14-16-18-20-22-24-25-26-27-28-29-30-31-32-33-34-36-38-40-42-44-46-48-50-56(60)57-54(53-64-65(61,62)63-52-51-58(3,4)5)55(59)49-47-45-43-41-39-37-35-23-21-19-17-15-13-11-9-7-2/h8,10,14,16,20,22,25-26,28-29,31-32,39,41,47,49,54-55,59H,6-7,9,11-13,15,17-19,21,23-24,27,30,33-38,40,42-46,48,50-53H2,1-5H3,(H-,57,60,61,62)/p+1/b10-8-,16-14-,22-20-,26-25-,29-28-,32-31-,41-39+,49-47+. The number of amides is 1. The van der Waals surface area contributed by atoms with Gasteiger partial charge in [0.15, 0.2) is 0 Å². The molecule has 0 aromatic carbocycles. The first-order valence-corrected chi connectivity index (χ1v) is 27.6. The average Bonchev–Trinajstić information content (AvgIpc) is 3.26. The Bertz CT molecular complexity index is 1370. The fourth-order valence-electron chi connectivity index (χ4n) is 6.94. The summed E-state index contributed by atoms with van der Waals surface area (Å²) in [6.07, 6.45) is 66.3. The van der Waals surface area contributed by atoms with Crippen molar-refractivity contribution in [3.05, 3.63) is 97.2 Å². The molecule has 65 heavy (non-hydrogen) atoms. The van der Waals surface area contributed by atoms with E-state index in [0.717, 1.165) is 89.9 Å². The summed E-state index contributed by atoms with van der Waals surface area (Å²) < 4.78 is 23.6. The van der Waals surface area contributed by atoms with Gasteiger partial charge in [-0.3, -0.25) is 13.8 Å². The highest BCUT2D eigenvalue weighted by molar-refractivity contribution is 7.47. The van der Waals surface area contributed by atoms with Crippen LogP contribution in [0, 0.1) is 0 Å². The number of carbonyl (C=O) groups is 1. The van der Waals surface area contributed by atoms with Gasteiger partial charge < -0.3 is 19.8 Å². The fraction of sp³-hybridized carbons (Fsp3) is 0.696. The van der Waals surface area contributed by atoms with Gasteiger partial charge in [0.1, 0.15) is 13.2 Å². The molecule has 0 aliphatic carbocycles. The van der Waals surface area contributed by atoms with Crippen LogP contribution in [-0.4, -0.2) is 73.4 Å². The lowest BCUT2D eigenvalue weighted by molar-refractivity contribution is -0.870. The van der Waals surface area contributed by atoms with Gasteiger partial charge in [0.2, 0.25) is 5.91 Å². The molecule has 0 aromatic rings. The summed E-state index contributed by atoms with van der Waals surface area (Å²) in [5, 5.41) is 13.9. The van der Waals surface area contributed by atoms with Gasteiger partial charge in [-0.15, -0.1) is 0 Å². The summed E-state index contributed by atoms with van der Waals surface area (Å²) in [4.78, 5) is 23.2. The van der Waals surface area contributed by atoms with E-state index in [-0.39, 0.29) is 19.1 Å². The fourth-order valence-corrected chi connectivity index (χ4v) is 7.68. The van der Waals surface area contributed by atoms with Gasteiger partial charge in [0.25, 0.3) is 0 Å². The lowest BCUT2D eigenvalue weighted by Crippen LogP contribution is -2.45. The Morgan fingerprint density at radius 2 is 0.938 bits per heavy atom. The van der Waals surface area contributed by atoms with E-state index in [1.807, 2.05) is 27.2 Å². The van der Waals surface area contributed by atoms with Crippen LogP contribution in [0.2, 0.25) is 0 Å². The number of hydrogen-bond acceptors (Lipinski definition) is 5. The summed E-state index contributed by atoms with van der Waals surface area (Å²) in [6.45, 7) is 4.66. The third-order valence-corrected chi connectivity index (χ3v) is 12.0. The number of nitrogens with one attached hydrogen (secondary N) is 1. The van der Waals surface area contributed by atoms with Gasteiger partial charge in [-0.2, -0.15) is 0 Å². The van der Waals surface area contributed by atoms with Crippen LogP contribution in [0.5, 0.6) is 0 Å². The number of carbonyl (C=O) groups excluding carboxylic acids is 1. The number of rotatable bonds is 46. The number of phosphoric acid groups is 1. The molecule has 1 amide bonds. The van der Waals surface area contributed by atoms with Gasteiger partial charge in [-0.1, -0.05) is 207 Å². The van der Waals surface area contributed by atoms with E-state index in [1.54, 1.807) is 6.08 Å². The zero-order valence-electron chi connectivity index (χ0n) is 42.4. The molecule has 0 aromatic heterocycles. The number of aliphatic hydroxyl groups is 1. The Kier molecular flexibility index (Phi) is 44.7. The molecule has 0 aliphatic heterocycles. The molecule has 3 N–H and O–H groups in total. The van der Waals surface area contributed by atoms with Crippen LogP contribution in [-0.2, 0) is 18.4 Å². The maximum absolute atomic E-state index is 12.9. The molecule has 0 spiro atoms. The first-order valence-electron chi connectivity index (χ1n) is 26.1. The van der Waals surface area contributed by atoms with E-state index in [9.17, 15) is 19.4 Å². The Labute approximate surface area is 400 Å². The molecular weight excluding hydrogens is 828 g/mol. The van der Waals surface area contributed by atoms with Gasteiger partial charge >= 0.3 is 7.82 Å². The molecule has 0 heterocycles. The molecule has 0 fully saturated rings. The summed E-state index contributed by atoms with van der Waals surface area (Å²) in [6, 6.07) is -0.874. The molecule has 0 rings (SSSR count). The SMILES string of the molecule is CC/C=C\C/C=C\C/C=C\C/C=C\C/C=C\C/C=C\CCCCCCCCCCC(=O)NC(COP(=O)(O)OCC[N+](C)(C)C)C(O)/C=C/CC/C=C/CCCCCCCCCCCC. The average molecular weight is 928 g/mol. The minimum atomic E-state index is -4.36. The summed E-state index contributed by atoms with van der Waals surface area (Å²) in [5.74, 6) is -0.200. The maximum Gasteiger partial charge on any atom is 0.472 e. The van der Waals surface area contributed by atoms with Crippen LogP contribution >= 0.6 is 7.82 Å². The van der Waals surface area contributed by atoms with E-state index < -0.39 is 20.0 Å². The number of hydrogen-bond donors (Lipinski definition) is 3. The highest BCUT2D eigenvalue weighted by Gasteiger charge is 2.27. The number of phosphoric ester groups is 1. The Morgan fingerprint density at radius 3 is 1.42 bits per heavy atom. The number of aliphatic hydroxyl groups excluding tert-OH is 1. The predicted octanol–water partition coefficient (Wildman–Crippen LogP) is 15.5. The van der Waals surface area contributed by atoms with Gasteiger partial charge in [-0.25, -0.2) is 4.57 Å². The molecule has 0 bridgehead atoms. The van der Waals surface area contributed by atoms with Gasteiger partial charge in [0.05, 0.1) is 39.9 Å². The number of nitrogens with zero attached hydrogens (tertiary/aromatic N) is 1. The topological polar surface area (TPSA) is 105 Å². The van der Waals surface area contributed by atoms with Gasteiger partial charge in [0, 0.05) is 6.42 Å². The largest absolute Gasteiger partial charge is 0.472 e. The minimum Gasteiger partial charge on any atom is -0.387 e. The Morgan fingerprint density at radius 1 is 0.538 bits per heavy atom. The third-order valence-electron chi connectivity index (χ3n) is 11.0. The number of allylic oxidation sites excluding steroid dienone is 15. The molecule has 0 saturated carbocycles. The smallest absolute Gasteiger partial charge is 0.387 e. The van der Waals surface area contributed by atoms with Crippen molar-refractivity contribution in [1.29, 1.82) is 0 Å². The molecule has 0 radical (unpaired) electrons. The van der Waals surface area contributed by atoms with E-state index in [4.69, 9.17) is 9.05 Å². The lowest BCUT2D eigenvalue weighted by Gasteiger charge is -2.25. The van der Waals surface area contributed by atoms with E-state index in [1.165, 1.54) is 89.9 Å². The molecule has 0 aliphatic rings. The van der Waals surface area contributed by atoms with Crippen LogP contribution in [0.1, 0.15) is 200 Å². The predicted molar refractivity (Wildman–Crippen MR) is 281 cm³/mol. The van der Waals surface area contributed by atoms with Crippen molar-refractivity contribution in [1.82, 2.24) is 5.32 Å². The molecule has 3 unspecified atom stereocenters. The van der Waals surface area contributed by atoms with E-state index in [2.05, 4.69) is 104 Å². The quantitative estimate of drug-likeness (QED) is 0.0243. The molecule has 374 valence electrons. The minimum absolute atomic E-state index is 0.0494. The number of likely N-dealkylation sites (N-methyl/N-ethyl adjacent to an activating group) is 1. The summed E-state index contributed by atoms with van der Waals surface area (Å²) in [7, 11) is 1.53. The van der Waals surface area contributed by atoms with Crippen molar-refractivity contribution in [2.45, 2.75) is 212 Å². The first kappa shape index (κ1) is 62.4. The first-order chi connectivity index (χ1) is 31.5. The van der Waals surface area contributed by atoms with Crippen molar-refractivity contribution in [2.24, 2.45) is 0 Å². The highest BCUT2D eigenvalue weighted by Crippen LogP contribution is 2.43. The molecule has 3 atom stereocenters. The summed E-state index contributed by atoms with van der Waals surface area (Å²) >= 11 is 0.